The van der Waals surface area contributed by atoms with E-state index in [-0.39, 0.29) is 36.2 Å². The molecule has 1 rings (SSSR count). The van der Waals surface area contributed by atoms with Gasteiger partial charge in [0.25, 0.3) is 0 Å². The fourth-order valence-electron chi connectivity index (χ4n) is 2.26. The lowest BCUT2D eigenvalue weighted by Gasteiger charge is -2.27. The first kappa shape index (κ1) is 19.2. The highest BCUT2D eigenvalue weighted by molar-refractivity contribution is 5.85. The van der Waals surface area contributed by atoms with Crippen molar-refractivity contribution in [2.24, 2.45) is 5.92 Å². The highest BCUT2D eigenvalue weighted by atomic mass is 35.5. The Bertz CT molecular complexity index is 313. The molecule has 5 nitrogen and oxygen atoms in total. The Morgan fingerprint density at radius 3 is 2.70 bits per heavy atom. The molecule has 0 aromatic heterocycles. The van der Waals surface area contributed by atoms with Crippen molar-refractivity contribution in [2.45, 2.75) is 58.5 Å². The second-order valence-electron chi connectivity index (χ2n) is 5.49. The molecule has 0 bridgehead atoms. The van der Waals surface area contributed by atoms with E-state index in [4.69, 9.17) is 0 Å². The second kappa shape index (κ2) is 10.00. The van der Waals surface area contributed by atoms with Gasteiger partial charge in [0.05, 0.1) is 0 Å². The Hall–Kier alpha value is -0.810. The molecular weight excluding hydrogens is 278 g/mol. The molecule has 2 amide bonds. The van der Waals surface area contributed by atoms with E-state index in [0.717, 1.165) is 25.8 Å². The molecule has 0 aromatic rings. The molecule has 0 saturated carbocycles. The van der Waals surface area contributed by atoms with Gasteiger partial charge in [0, 0.05) is 31.0 Å². The molecule has 1 heterocycles. The third-order valence-electron chi connectivity index (χ3n) is 3.67. The molecule has 0 aromatic carbocycles. The van der Waals surface area contributed by atoms with Crippen LogP contribution in [-0.2, 0) is 9.59 Å². The highest BCUT2D eigenvalue weighted by Gasteiger charge is 2.24. The lowest BCUT2D eigenvalue weighted by Crippen LogP contribution is -2.43. The zero-order chi connectivity index (χ0) is 14.3. The molecule has 3 N–H and O–H groups in total. The van der Waals surface area contributed by atoms with Gasteiger partial charge in [-0.15, -0.1) is 12.4 Å². The molecule has 118 valence electrons. The van der Waals surface area contributed by atoms with Gasteiger partial charge in [-0.25, -0.2) is 0 Å². The van der Waals surface area contributed by atoms with Crippen LogP contribution in [0.5, 0.6) is 0 Å². The van der Waals surface area contributed by atoms with Gasteiger partial charge in [0.2, 0.25) is 11.8 Å². The standard InChI is InChI=1S/C14H27N3O2.ClH/c1-4-10(2)17-13(18)6-8-16-14(19)12-5-7-15-11(3)9-12;/h10-12,15H,4-9H2,1-3H3,(H,16,19)(H,17,18);1H/t10?,11-,12-;/m0./s1. The van der Waals surface area contributed by atoms with Gasteiger partial charge in [-0.1, -0.05) is 6.92 Å². The normalized spacial score (nSPS) is 23.4. The minimum atomic E-state index is 0. The summed E-state index contributed by atoms with van der Waals surface area (Å²) < 4.78 is 0. The topological polar surface area (TPSA) is 70.2 Å². The number of piperidine rings is 1. The van der Waals surface area contributed by atoms with Crippen molar-refractivity contribution in [3.63, 3.8) is 0 Å². The minimum absolute atomic E-state index is 0. The largest absolute Gasteiger partial charge is 0.355 e. The quantitative estimate of drug-likeness (QED) is 0.691. The monoisotopic (exact) mass is 305 g/mol. The summed E-state index contributed by atoms with van der Waals surface area (Å²) in [5, 5.41) is 9.08. The number of halogens is 1. The Balaban J connectivity index is 0.00000361. The number of hydrogen-bond donors (Lipinski definition) is 3. The molecule has 1 aliphatic heterocycles. The first-order chi connectivity index (χ1) is 9.02. The molecule has 0 aliphatic carbocycles. The summed E-state index contributed by atoms with van der Waals surface area (Å²) in [6, 6.07) is 0.603. The number of carbonyl (C=O) groups is 2. The van der Waals surface area contributed by atoms with E-state index >= 15 is 0 Å². The zero-order valence-electron chi connectivity index (χ0n) is 12.7. The second-order valence-corrected chi connectivity index (χ2v) is 5.49. The van der Waals surface area contributed by atoms with E-state index in [0.29, 0.717) is 19.0 Å². The smallest absolute Gasteiger partial charge is 0.223 e. The summed E-state index contributed by atoms with van der Waals surface area (Å²) in [6.07, 6.45) is 3.04. The van der Waals surface area contributed by atoms with Crippen molar-refractivity contribution in [2.75, 3.05) is 13.1 Å². The van der Waals surface area contributed by atoms with Crippen LogP contribution >= 0.6 is 12.4 Å². The predicted molar refractivity (Wildman–Crippen MR) is 83.0 cm³/mol. The minimum Gasteiger partial charge on any atom is -0.355 e. The molecule has 3 atom stereocenters. The van der Waals surface area contributed by atoms with Crippen molar-refractivity contribution in [3.05, 3.63) is 0 Å². The zero-order valence-corrected chi connectivity index (χ0v) is 13.5. The number of nitrogens with one attached hydrogen (secondary N) is 3. The first-order valence-electron chi connectivity index (χ1n) is 7.33. The Labute approximate surface area is 128 Å². The molecule has 1 saturated heterocycles. The number of carbonyl (C=O) groups excluding carboxylic acids is 2. The van der Waals surface area contributed by atoms with Crippen molar-refractivity contribution >= 4 is 24.2 Å². The van der Waals surface area contributed by atoms with Crippen LogP contribution in [0.15, 0.2) is 0 Å². The maximum absolute atomic E-state index is 11.9. The fourth-order valence-corrected chi connectivity index (χ4v) is 2.26. The summed E-state index contributed by atoms with van der Waals surface area (Å²) in [7, 11) is 0. The molecular formula is C14H28ClN3O2. The maximum atomic E-state index is 11.9. The first-order valence-corrected chi connectivity index (χ1v) is 7.33. The van der Waals surface area contributed by atoms with Gasteiger partial charge >= 0.3 is 0 Å². The van der Waals surface area contributed by atoms with Gasteiger partial charge in [0.1, 0.15) is 0 Å². The number of hydrogen-bond acceptors (Lipinski definition) is 3. The maximum Gasteiger partial charge on any atom is 0.223 e. The third kappa shape index (κ3) is 7.10. The summed E-state index contributed by atoms with van der Waals surface area (Å²) >= 11 is 0. The SMILES string of the molecule is CCC(C)NC(=O)CCNC(=O)[C@H]1CCN[C@@H](C)C1.Cl. The highest BCUT2D eigenvalue weighted by Crippen LogP contribution is 2.15. The molecule has 6 heteroatoms. The van der Waals surface area contributed by atoms with Gasteiger partial charge in [0.15, 0.2) is 0 Å². The average Bonchev–Trinajstić information content (AvgIpc) is 2.38. The van der Waals surface area contributed by atoms with Crippen LogP contribution in [0.4, 0.5) is 0 Å². The van der Waals surface area contributed by atoms with E-state index in [1.165, 1.54) is 0 Å². The lowest BCUT2D eigenvalue weighted by atomic mass is 9.92. The molecule has 1 aliphatic rings. The van der Waals surface area contributed by atoms with Gasteiger partial charge in [-0.05, 0) is 39.7 Å². The van der Waals surface area contributed by atoms with E-state index < -0.39 is 0 Å². The van der Waals surface area contributed by atoms with Crippen LogP contribution in [0.3, 0.4) is 0 Å². The third-order valence-corrected chi connectivity index (χ3v) is 3.67. The van der Waals surface area contributed by atoms with Gasteiger partial charge in [-0.3, -0.25) is 9.59 Å². The van der Waals surface area contributed by atoms with Crippen molar-refractivity contribution in [3.8, 4) is 0 Å². The Morgan fingerprint density at radius 1 is 1.40 bits per heavy atom. The van der Waals surface area contributed by atoms with E-state index in [1.807, 2.05) is 13.8 Å². The molecule has 1 unspecified atom stereocenters. The van der Waals surface area contributed by atoms with Crippen LogP contribution in [0.2, 0.25) is 0 Å². The average molecular weight is 306 g/mol. The van der Waals surface area contributed by atoms with E-state index in [2.05, 4.69) is 22.9 Å². The van der Waals surface area contributed by atoms with Crippen LogP contribution in [-0.4, -0.2) is 37.0 Å². The van der Waals surface area contributed by atoms with Crippen molar-refractivity contribution in [1.82, 2.24) is 16.0 Å². The number of amides is 2. The van der Waals surface area contributed by atoms with Crippen LogP contribution in [0.25, 0.3) is 0 Å². The van der Waals surface area contributed by atoms with Crippen molar-refractivity contribution < 1.29 is 9.59 Å². The van der Waals surface area contributed by atoms with Gasteiger partial charge < -0.3 is 16.0 Å². The lowest BCUT2D eigenvalue weighted by molar-refractivity contribution is -0.126. The fraction of sp³-hybridized carbons (Fsp3) is 0.857. The summed E-state index contributed by atoms with van der Waals surface area (Å²) in [5.41, 5.74) is 0. The van der Waals surface area contributed by atoms with E-state index in [1.54, 1.807) is 0 Å². The molecule has 1 fully saturated rings. The van der Waals surface area contributed by atoms with Crippen LogP contribution < -0.4 is 16.0 Å². The van der Waals surface area contributed by atoms with Crippen LogP contribution in [0.1, 0.15) is 46.5 Å². The van der Waals surface area contributed by atoms with E-state index in [9.17, 15) is 9.59 Å². The van der Waals surface area contributed by atoms with Crippen molar-refractivity contribution in [1.29, 1.82) is 0 Å². The molecule has 0 radical (unpaired) electrons. The summed E-state index contributed by atoms with van der Waals surface area (Å²) in [6.45, 7) is 7.43. The summed E-state index contributed by atoms with van der Waals surface area (Å²) in [4.78, 5) is 23.5. The molecule has 20 heavy (non-hydrogen) atoms. The van der Waals surface area contributed by atoms with Crippen LogP contribution in [0, 0.1) is 5.92 Å². The predicted octanol–water partition coefficient (Wildman–Crippen LogP) is 1.22. The molecule has 0 spiro atoms. The number of rotatable bonds is 6. The Morgan fingerprint density at radius 2 is 2.10 bits per heavy atom. The van der Waals surface area contributed by atoms with Gasteiger partial charge in [-0.2, -0.15) is 0 Å². The Kier molecular flexibility index (Phi) is 9.59. The summed E-state index contributed by atoms with van der Waals surface area (Å²) in [5.74, 6) is 0.187.